The first-order valence-corrected chi connectivity index (χ1v) is 8.89. The highest BCUT2D eigenvalue weighted by molar-refractivity contribution is 7.99. The number of thioether (sulfide) groups is 1. The normalized spacial score (nSPS) is 11.9. The fourth-order valence-corrected chi connectivity index (χ4v) is 2.75. The maximum Gasteiger partial charge on any atom is 0.311 e. The van der Waals surface area contributed by atoms with Crippen LogP contribution in [0.15, 0.2) is 53.4 Å². The third kappa shape index (κ3) is 6.31. The number of benzene rings is 2. The van der Waals surface area contributed by atoms with Gasteiger partial charge in [-0.15, -0.1) is 0 Å². The number of nitrogens with one attached hydrogen (secondary N) is 1. The number of halogens is 3. The predicted octanol–water partition coefficient (Wildman–Crippen LogP) is 4.77. The Balaban J connectivity index is 1.87. The number of alkyl halides is 2. The first-order chi connectivity index (χ1) is 12.3. The number of amides is 1. The summed E-state index contributed by atoms with van der Waals surface area (Å²) in [5.41, 5.74) is 1.03. The summed E-state index contributed by atoms with van der Waals surface area (Å²) in [7, 11) is 0. The molecule has 138 valence electrons. The third-order valence-electron chi connectivity index (χ3n) is 3.32. The molecule has 0 saturated heterocycles. The van der Waals surface area contributed by atoms with Crippen LogP contribution in [-0.4, -0.2) is 23.7 Å². The van der Waals surface area contributed by atoms with Gasteiger partial charge in [0, 0.05) is 15.6 Å². The highest BCUT2D eigenvalue weighted by atomic mass is 35.5. The SMILES string of the molecule is C[C@@H](OC(=O)Cc1ccccc1Cl)C(=O)Nc1ccc(SC(F)F)cc1. The van der Waals surface area contributed by atoms with Gasteiger partial charge in [0.05, 0.1) is 6.42 Å². The zero-order valence-electron chi connectivity index (χ0n) is 13.7. The van der Waals surface area contributed by atoms with E-state index in [-0.39, 0.29) is 6.42 Å². The number of carbonyl (C=O) groups excluding carboxylic acids is 2. The van der Waals surface area contributed by atoms with Gasteiger partial charge in [-0.05, 0) is 42.8 Å². The summed E-state index contributed by atoms with van der Waals surface area (Å²) in [5, 5.41) is 3.01. The molecule has 26 heavy (non-hydrogen) atoms. The van der Waals surface area contributed by atoms with Crippen molar-refractivity contribution in [3.8, 4) is 0 Å². The number of rotatable bonds is 7. The molecule has 0 unspecified atom stereocenters. The van der Waals surface area contributed by atoms with Gasteiger partial charge in [0.2, 0.25) is 0 Å². The van der Waals surface area contributed by atoms with Gasteiger partial charge in [0.15, 0.2) is 6.10 Å². The van der Waals surface area contributed by atoms with Gasteiger partial charge in [0.25, 0.3) is 11.7 Å². The molecule has 0 aliphatic carbocycles. The van der Waals surface area contributed by atoms with Crippen LogP contribution in [0.25, 0.3) is 0 Å². The summed E-state index contributed by atoms with van der Waals surface area (Å²) in [6, 6.07) is 12.8. The molecule has 0 heterocycles. The van der Waals surface area contributed by atoms with Crippen molar-refractivity contribution in [1.29, 1.82) is 0 Å². The molecule has 0 aliphatic heterocycles. The van der Waals surface area contributed by atoms with Crippen LogP contribution in [0.5, 0.6) is 0 Å². The Morgan fingerprint density at radius 3 is 2.42 bits per heavy atom. The van der Waals surface area contributed by atoms with Crippen LogP contribution in [0, 0.1) is 0 Å². The van der Waals surface area contributed by atoms with Crippen LogP contribution < -0.4 is 5.32 Å². The van der Waals surface area contributed by atoms with E-state index in [4.69, 9.17) is 16.3 Å². The molecule has 0 radical (unpaired) electrons. The van der Waals surface area contributed by atoms with Gasteiger partial charge < -0.3 is 10.1 Å². The fraction of sp³-hybridized carbons (Fsp3) is 0.222. The Hall–Kier alpha value is -2.12. The molecule has 1 atom stereocenters. The molecule has 4 nitrogen and oxygen atoms in total. The lowest BCUT2D eigenvalue weighted by Crippen LogP contribution is -2.30. The maximum atomic E-state index is 12.3. The zero-order chi connectivity index (χ0) is 19.1. The lowest BCUT2D eigenvalue weighted by Gasteiger charge is -2.14. The van der Waals surface area contributed by atoms with E-state index >= 15 is 0 Å². The van der Waals surface area contributed by atoms with Gasteiger partial charge in [-0.1, -0.05) is 41.6 Å². The molecule has 1 amide bonds. The Morgan fingerprint density at radius 2 is 1.81 bits per heavy atom. The van der Waals surface area contributed by atoms with Gasteiger partial charge in [-0.25, -0.2) is 0 Å². The molecule has 2 rings (SSSR count). The van der Waals surface area contributed by atoms with Crippen molar-refractivity contribution >= 4 is 40.9 Å². The summed E-state index contributed by atoms with van der Waals surface area (Å²) in [6.45, 7) is 1.45. The topological polar surface area (TPSA) is 55.4 Å². The van der Waals surface area contributed by atoms with Crippen molar-refractivity contribution in [2.75, 3.05) is 5.32 Å². The number of esters is 1. The molecule has 0 aromatic heterocycles. The van der Waals surface area contributed by atoms with E-state index < -0.39 is 23.7 Å². The van der Waals surface area contributed by atoms with E-state index in [1.165, 1.54) is 31.2 Å². The monoisotopic (exact) mass is 399 g/mol. The summed E-state index contributed by atoms with van der Waals surface area (Å²) in [4.78, 5) is 24.4. The van der Waals surface area contributed by atoms with Gasteiger partial charge in [-0.2, -0.15) is 8.78 Å². The second-order valence-corrected chi connectivity index (χ2v) is 6.76. The quantitative estimate of drug-likeness (QED) is 0.538. The van der Waals surface area contributed by atoms with Crippen molar-refractivity contribution in [2.45, 2.75) is 30.1 Å². The van der Waals surface area contributed by atoms with E-state index in [1.54, 1.807) is 24.3 Å². The third-order valence-corrected chi connectivity index (χ3v) is 4.41. The maximum absolute atomic E-state index is 12.3. The first-order valence-electron chi connectivity index (χ1n) is 7.64. The number of hydrogen-bond acceptors (Lipinski definition) is 4. The van der Waals surface area contributed by atoms with E-state index in [0.717, 1.165) is 0 Å². The minimum absolute atomic E-state index is 0.0448. The first kappa shape index (κ1) is 20.2. The number of carbonyl (C=O) groups is 2. The highest BCUT2D eigenvalue weighted by Gasteiger charge is 2.19. The van der Waals surface area contributed by atoms with Gasteiger partial charge in [0.1, 0.15) is 0 Å². The van der Waals surface area contributed by atoms with Crippen LogP contribution in [0.3, 0.4) is 0 Å². The summed E-state index contributed by atoms with van der Waals surface area (Å²) in [5.74, 6) is -3.61. The average molecular weight is 400 g/mol. The van der Waals surface area contributed by atoms with Crippen molar-refractivity contribution in [3.05, 3.63) is 59.1 Å². The molecule has 0 fully saturated rings. The number of ether oxygens (including phenoxy) is 1. The summed E-state index contributed by atoms with van der Waals surface area (Å²) in [6.07, 6.45) is -1.06. The van der Waals surface area contributed by atoms with Crippen molar-refractivity contribution in [2.24, 2.45) is 0 Å². The molecular weight excluding hydrogens is 384 g/mol. The smallest absolute Gasteiger partial charge is 0.311 e. The van der Waals surface area contributed by atoms with E-state index in [1.807, 2.05) is 0 Å². The number of hydrogen-bond donors (Lipinski definition) is 1. The molecular formula is C18H16ClF2NO3S. The average Bonchev–Trinajstić information content (AvgIpc) is 2.58. The standard InChI is InChI=1S/C18H16ClF2NO3S/c1-11(25-16(23)10-12-4-2-3-5-15(12)19)17(24)22-13-6-8-14(9-7-13)26-18(20)21/h2-9,11,18H,10H2,1H3,(H,22,24)/t11-/m1/s1. The molecule has 8 heteroatoms. The minimum Gasteiger partial charge on any atom is -0.452 e. The molecule has 2 aromatic rings. The largest absolute Gasteiger partial charge is 0.452 e. The Labute approximate surface area is 158 Å². The second kappa shape index (κ2) is 9.54. The molecule has 0 aliphatic rings. The predicted molar refractivity (Wildman–Crippen MR) is 97.6 cm³/mol. The summed E-state index contributed by atoms with van der Waals surface area (Å²) >= 11 is 6.40. The van der Waals surface area contributed by atoms with Crippen LogP contribution in [-0.2, 0) is 20.7 Å². The van der Waals surface area contributed by atoms with Crippen LogP contribution in [0.4, 0.5) is 14.5 Å². The molecule has 2 aromatic carbocycles. The van der Waals surface area contributed by atoms with Crippen LogP contribution in [0.2, 0.25) is 5.02 Å². The second-order valence-electron chi connectivity index (χ2n) is 5.29. The van der Waals surface area contributed by atoms with Crippen molar-refractivity contribution in [3.63, 3.8) is 0 Å². The number of anilines is 1. The Morgan fingerprint density at radius 1 is 1.15 bits per heavy atom. The van der Waals surface area contributed by atoms with E-state index in [0.29, 0.717) is 32.9 Å². The Kier molecular flexibility index (Phi) is 7.41. The molecule has 0 spiro atoms. The zero-order valence-corrected chi connectivity index (χ0v) is 15.3. The van der Waals surface area contributed by atoms with E-state index in [2.05, 4.69) is 5.32 Å². The fourth-order valence-electron chi connectivity index (χ4n) is 2.05. The van der Waals surface area contributed by atoms with Gasteiger partial charge in [-0.3, -0.25) is 9.59 Å². The molecule has 0 bridgehead atoms. The Bertz CT molecular complexity index is 771. The lowest BCUT2D eigenvalue weighted by atomic mass is 10.1. The molecule has 1 N–H and O–H groups in total. The molecule has 0 saturated carbocycles. The van der Waals surface area contributed by atoms with Crippen LogP contribution in [0.1, 0.15) is 12.5 Å². The van der Waals surface area contributed by atoms with Gasteiger partial charge >= 0.3 is 5.97 Å². The van der Waals surface area contributed by atoms with Crippen LogP contribution >= 0.6 is 23.4 Å². The van der Waals surface area contributed by atoms with E-state index in [9.17, 15) is 18.4 Å². The minimum atomic E-state index is -2.51. The summed E-state index contributed by atoms with van der Waals surface area (Å²) < 4.78 is 29.7. The van der Waals surface area contributed by atoms with Crippen molar-refractivity contribution < 1.29 is 23.1 Å². The highest BCUT2D eigenvalue weighted by Crippen LogP contribution is 2.26. The lowest BCUT2D eigenvalue weighted by molar-refractivity contribution is -0.152. The van der Waals surface area contributed by atoms with Crippen molar-refractivity contribution in [1.82, 2.24) is 0 Å².